The van der Waals surface area contributed by atoms with Gasteiger partial charge in [-0.25, -0.2) is 14.1 Å². The van der Waals surface area contributed by atoms with E-state index in [1.54, 1.807) is 0 Å². The lowest BCUT2D eigenvalue weighted by Gasteiger charge is -2.18. The third kappa shape index (κ3) is 4.73. The lowest BCUT2D eigenvalue weighted by Crippen LogP contribution is -2.20. The molecule has 0 bridgehead atoms. The van der Waals surface area contributed by atoms with Crippen LogP contribution in [0.15, 0.2) is 17.2 Å². The summed E-state index contributed by atoms with van der Waals surface area (Å²) in [6.07, 6.45) is 4.74. The van der Waals surface area contributed by atoms with Crippen molar-refractivity contribution in [2.45, 2.75) is 76.8 Å². The van der Waals surface area contributed by atoms with Gasteiger partial charge in [0.25, 0.3) is 0 Å². The summed E-state index contributed by atoms with van der Waals surface area (Å²) in [6.45, 7) is 7.59. The molecule has 0 unspecified atom stereocenters. The number of hydrogen-bond acceptors (Lipinski definition) is 6. The predicted molar refractivity (Wildman–Crippen MR) is 133 cm³/mol. The van der Waals surface area contributed by atoms with Crippen LogP contribution >= 0.6 is 23.3 Å². The number of hydrogen-bond donors (Lipinski definition) is 1. The van der Waals surface area contributed by atoms with Crippen molar-refractivity contribution in [1.82, 2.24) is 19.5 Å². The van der Waals surface area contributed by atoms with E-state index in [2.05, 4.69) is 21.7 Å². The lowest BCUT2D eigenvalue weighted by atomic mass is 9.89. The zero-order chi connectivity index (χ0) is 23.8. The number of carbonyl (C=O) groups is 1. The minimum atomic E-state index is -0.203. The topological polar surface area (TPSA) is 69.0 Å². The average molecular weight is 501 g/mol. The van der Waals surface area contributed by atoms with Crippen molar-refractivity contribution < 1.29 is 13.9 Å². The molecule has 1 aromatic carbocycles. The van der Waals surface area contributed by atoms with Crippen molar-refractivity contribution in [1.29, 1.82) is 0 Å². The Morgan fingerprint density at radius 1 is 1.35 bits per heavy atom. The van der Waals surface area contributed by atoms with Gasteiger partial charge in [0.05, 0.1) is 18.7 Å². The summed E-state index contributed by atoms with van der Waals surface area (Å²) in [6, 6.07) is 3.77. The van der Waals surface area contributed by atoms with Gasteiger partial charge < -0.3 is 4.74 Å². The highest BCUT2D eigenvalue weighted by molar-refractivity contribution is 7.97. The van der Waals surface area contributed by atoms with Crippen molar-refractivity contribution in [2.24, 2.45) is 0 Å². The zero-order valence-corrected chi connectivity index (χ0v) is 21.4. The number of aromatic nitrogens is 3. The van der Waals surface area contributed by atoms with Gasteiger partial charge in [-0.3, -0.25) is 9.52 Å². The van der Waals surface area contributed by atoms with Gasteiger partial charge in [-0.05, 0) is 61.8 Å². The van der Waals surface area contributed by atoms with E-state index in [9.17, 15) is 4.79 Å². The van der Waals surface area contributed by atoms with Gasteiger partial charge in [0.15, 0.2) is 0 Å². The quantitative estimate of drug-likeness (QED) is 0.400. The number of benzene rings is 1. The van der Waals surface area contributed by atoms with E-state index in [4.69, 9.17) is 4.74 Å². The molecule has 3 aromatic rings. The maximum Gasteiger partial charge on any atom is 0.234 e. The van der Waals surface area contributed by atoms with Crippen LogP contribution in [-0.4, -0.2) is 27.3 Å². The molecule has 1 aliphatic carbocycles. The summed E-state index contributed by atoms with van der Waals surface area (Å²) in [4.78, 5) is 18.7. The van der Waals surface area contributed by atoms with Gasteiger partial charge in [0, 0.05) is 41.4 Å². The number of rotatable bonds is 8. The predicted octanol–water partition coefficient (Wildman–Crippen LogP) is 5.74. The third-order valence-electron chi connectivity index (χ3n) is 6.36. The summed E-state index contributed by atoms with van der Waals surface area (Å²) in [5.74, 6) is 0.564. The Morgan fingerprint density at radius 3 is 2.85 bits per heavy atom. The molecule has 6 nitrogen and oxygen atoms in total. The Morgan fingerprint density at radius 2 is 2.18 bits per heavy atom. The molecule has 2 aliphatic rings. The number of halogens is 1. The highest BCUT2D eigenvalue weighted by Crippen LogP contribution is 2.47. The molecule has 0 atom stereocenters. The molecule has 5 rings (SSSR count). The molecule has 1 aliphatic heterocycles. The van der Waals surface area contributed by atoms with Crippen LogP contribution in [0.5, 0.6) is 5.88 Å². The van der Waals surface area contributed by atoms with E-state index in [1.165, 1.54) is 23.3 Å². The van der Waals surface area contributed by atoms with Crippen molar-refractivity contribution in [3.05, 3.63) is 45.2 Å². The Hall–Kier alpha value is -2.39. The monoisotopic (exact) mass is 500 g/mol. The number of amides is 1. The summed E-state index contributed by atoms with van der Waals surface area (Å²) >= 11 is 2.72. The summed E-state index contributed by atoms with van der Waals surface area (Å²) < 4.78 is 26.2. The van der Waals surface area contributed by atoms with Crippen LogP contribution in [0.4, 0.5) is 4.39 Å². The van der Waals surface area contributed by atoms with Crippen LogP contribution in [0.1, 0.15) is 65.8 Å². The molecule has 3 heterocycles. The molecular weight excluding hydrogens is 471 g/mol. The minimum absolute atomic E-state index is 0.149. The Balaban J connectivity index is 1.41. The molecule has 9 heteroatoms. The molecule has 1 amide bonds. The fourth-order valence-electron chi connectivity index (χ4n) is 4.42. The first-order valence-corrected chi connectivity index (χ1v) is 13.5. The number of aryl methyl sites for hydroxylation is 4. The molecule has 2 aromatic heterocycles. The second kappa shape index (κ2) is 9.70. The molecule has 1 N–H and O–H groups in total. The first kappa shape index (κ1) is 23.4. The minimum Gasteiger partial charge on any atom is -0.478 e. The largest absolute Gasteiger partial charge is 0.478 e. The van der Waals surface area contributed by atoms with Gasteiger partial charge >= 0.3 is 0 Å². The van der Waals surface area contributed by atoms with Crippen molar-refractivity contribution in [2.75, 3.05) is 6.61 Å². The number of nitrogens with zero attached hydrogens (tertiary/aromatic N) is 3. The van der Waals surface area contributed by atoms with Crippen LogP contribution in [0.25, 0.3) is 10.6 Å². The highest BCUT2D eigenvalue weighted by atomic mass is 32.2. The normalized spacial score (nSPS) is 15.2. The second-order valence-corrected chi connectivity index (χ2v) is 11.1. The van der Waals surface area contributed by atoms with Gasteiger partial charge in [0.1, 0.15) is 15.9 Å². The first-order valence-electron chi connectivity index (χ1n) is 11.9. The van der Waals surface area contributed by atoms with Gasteiger partial charge in [-0.2, -0.15) is 5.10 Å². The highest BCUT2D eigenvalue weighted by Gasteiger charge is 2.33. The van der Waals surface area contributed by atoms with E-state index in [0.29, 0.717) is 17.2 Å². The maximum absolute atomic E-state index is 15.9. The number of carbonyl (C=O) groups excluding carboxylic acids is 1. The van der Waals surface area contributed by atoms with Crippen molar-refractivity contribution in [3.63, 3.8) is 0 Å². The molecule has 180 valence electrons. The smallest absolute Gasteiger partial charge is 0.234 e. The van der Waals surface area contributed by atoms with E-state index >= 15 is 4.39 Å². The summed E-state index contributed by atoms with van der Waals surface area (Å²) in [5.41, 5.74) is 4.14. The molecule has 34 heavy (non-hydrogen) atoms. The first-order chi connectivity index (χ1) is 16.4. The maximum atomic E-state index is 15.9. The number of ether oxygens (including phenoxy) is 1. The molecule has 1 saturated carbocycles. The second-order valence-electron chi connectivity index (χ2n) is 9.02. The van der Waals surface area contributed by atoms with E-state index in [-0.39, 0.29) is 24.1 Å². The SMILES string of the molecule is CCCc1cc(-c2nc(C)c(C)s2)c(F)c(C2CC2)c1CC(=O)NSc1cc2n(n1)CCCO2. The Bertz CT molecular complexity index is 1190. The summed E-state index contributed by atoms with van der Waals surface area (Å²) in [7, 11) is 0. The Kier molecular flexibility index (Phi) is 6.66. The standard InChI is InChI=1S/C25H29FN4O2S2/c1-4-6-17-11-19(25-27-14(2)15(3)33-25)24(26)23(16-7-8-16)18(17)12-20(31)29-34-21-13-22-30(28-21)9-5-10-32-22/h11,13,16H,4-10,12H2,1-3H3,(H,29,31). The fourth-order valence-corrected chi connectivity index (χ4v) is 5.93. The zero-order valence-electron chi connectivity index (χ0n) is 19.7. The van der Waals surface area contributed by atoms with Gasteiger partial charge in [-0.15, -0.1) is 11.3 Å². The number of nitrogens with one attached hydrogen (secondary N) is 1. The molecular formula is C25H29FN4O2S2. The van der Waals surface area contributed by atoms with Crippen LogP contribution in [0.2, 0.25) is 0 Å². The van der Waals surface area contributed by atoms with Crippen LogP contribution in [0, 0.1) is 19.7 Å². The van der Waals surface area contributed by atoms with Crippen molar-refractivity contribution >= 4 is 29.2 Å². The molecule has 0 spiro atoms. The van der Waals surface area contributed by atoms with Crippen molar-refractivity contribution in [3.8, 4) is 16.5 Å². The van der Waals surface area contributed by atoms with Gasteiger partial charge in [0.2, 0.25) is 11.8 Å². The number of thiazole rings is 1. The third-order valence-corrected chi connectivity index (χ3v) is 8.20. The average Bonchev–Trinajstić information content (AvgIpc) is 3.47. The Labute approximate surface area is 207 Å². The van der Waals surface area contributed by atoms with Gasteiger partial charge in [-0.1, -0.05) is 13.3 Å². The molecule has 0 saturated heterocycles. The fraction of sp³-hybridized carbons (Fsp3) is 0.480. The molecule has 1 fully saturated rings. The van der Waals surface area contributed by atoms with E-state index < -0.39 is 0 Å². The van der Waals surface area contributed by atoms with E-state index in [1.807, 2.05) is 30.7 Å². The number of fused-ring (bicyclic) bond motifs is 1. The van der Waals surface area contributed by atoms with Crippen LogP contribution < -0.4 is 9.46 Å². The molecule has 0 radical (unpaired) electrons. The summed E-state index contributed by atoms with van der Waals surface area (Å²) in [5, 5.41) is 5.89. The van der Waals surface area contributed by atoms with Crippen LogP contribution in [0.3, 0.4) is 0 Å². The lowest BCUT2D eigenvalue weighted by molar-refractivity contribution is -0.118. The van der Waals surface area contributed by atoms with Crippen LogP contribution in [-0.2, 0) is 24.2 Å². The van der Waals surface area contributed by atoms with E-state index in [0.717, 1.165) is 76.8 Å².